The number of anilines is 1. The average Bonchev–Trinajstić information content (AvgIpc) is 2.34. The van der Waals surface area contributed by atoms with Crippen LogP contribution in [0.15, 0.2) is 18.2 Å². The van der Waals surface area contributed by atoms with Gasteiger partial charge in [-0.2, -0.15) is 0 Å². The maximum Gasteiger partial charge on any atom is 0.253 e. The smallest absolute Gasteiger partial charge is 0.253 e. The molecule has 5 heteroatoms. The standard InChI is InChI=1S/C15H26N4O/c1-11-6-7-12(13(8-11)18-16)14(20)17-9-15(2,3)10-19(4)5/h6-8,18H,9-10,16H2,1-5H3,(H,17,20). The summed E-state index contributed by atoms with van der Waals surface area (Å²) in [5, 5.41) is 2.98. The molecule has 0 saturated carbocycles. The van der Waals surface area contributed by atoms with Gasteiger partial charge in [-0.15, -0.1) is 0 Å². The summed E-state index contributed by atoms with van der Waals surface area (Å²) in [7, 11) is 4.06. The predicted molar refractivity (Wildman–Crippen MR) is 83.7 cm³/mol. The Kier molecular flexibility index (Phi) is 5.53. The van der Waals surface area contributed by atoms with Crippen LogP contribution in [0.3, 0.4) is 0 Å². The van der Waals surface area contributed by atoms with Crippen LogP contribution in [0.25, 0.3) is 0 Å². The van der Waals surface area contributed by atoms with Gasteiger partial charge in [0.25, 0.3) is 5.91 Å². The summed E-state index contributed by atoms with van der Waals surface area (Å²) >= 11 is 0. The van der Waals surface area contributed by atoms with Gasteiger partial charge >= 0.3 is 0 Å². The molecule has 0 aliphatic rings. The van der Waals surface area contributed by atoms with Crippen molar-refractivity contribution in [3.63, 3.8) is 0 Å². The Hall–Kier alpha value is -1.59. The molecule has 0 aliphatic heterocycles. The summed E-state index contributed by atoms with van der Waals surface area (Å²) in [5.74, 6) is 5.36. The number of hydrogen-bond acceptors (Lipinski definition) is 4. The van der Waals surface area contributed by atoms with Gasteiger partial charge in [-0.25, -0.2) is 0 Å². The highest BCUT2D eigenvalue weighted by molar-refractivity contribution is 5.99. The highest BCUT2D eigenvalue weighted by Gasteiger charge is 2.21. The molecule has 1 aromatic carbocycles. The molecule has 112 valence electrons. The summed E-state index contributed by atoms with van der Waals surface area (Å²) in [5.41, 5.74) is 4.86. The first-order chi connectivity index (χ1) is 9.25. The molecule has 0 spiro atoms. The molecule has 4 N–H and O–H groups in total. The van der Waals surface area contributed by atoms with Crippen molar-refractivity contribution in [1.29, 1.82) is 0 Å². The van der Waals surface area contributed by atoms with Crippen molar-refractivity contribution in [3.05, 3.63) is 29.3 Å². The lowest BCUT2D eigenvalue weighted by Crippen LogP contribution is -2.40. The molecular formula is C15H26N4O. The van der Waals surface area contributed by atoms with Gasteiger partial charge in [0.2, 0.25) is 0 Å². The van der Waals surface area contributed by atoms with E-state index in [1.54, 1.807) is 6.07 Å². The fourth-order valence-corrected chi connectivity index (χ4v) is 2.30. The Labute approximate surface area is 121 Å². The van der Waals surface area contributed by atoms with E-state index >= 15 is 0 Å². The molecule has 0 unspecified atom stereocenters. The lowest BCUT2D eigenvalue weighted by molar-refractivity contribution is 0.0930. The molecule has 0 atom stereocenters. The fraction of sp³-hybridized carbons (Fsp3) is 0.533. The Morgan fingerprint density at radius 1 is 1.35 bits per heavy atom. The van der Waals surface area contributed by atoms with E-state index in [1.807, 2.05) is 33.2 Å². The second-order valence-electron chi connectivity index (χ2n) is 6.28. The third-order valence-electron chi connectivity index (χ3n) is 3.05. The summed E-state index contributed by atoms with van der Waals surface area (Å²) < 4.78 is 0. The minimum absolute atomic E-state index is 0.0141. The van der Waals surface area contributed by atoms with Crippen LogP contribution < -0.4 is 16.6 Å². The lowest BCUT2D eigenvalue weighted by atomic mass is 9.93. The third kappa shape index (κ3) is 4.83. The second-order valence-corrected chi connectivity index (χ2v) is 6.28. The molecule has 0 saturated heterocycles. The molecule has 1 rings (SSSR count). The van der Waals surface area contributed by atoms with E-state index in [-0.39, 0.29) is 11.3 Å². The highest BCUT2D eigenvalue weighted by Crippen LogP contribution is 2.18. The maximum atomic E-state index is 12.2. The summed E-state index contributed by atoms with van der Waals surface area (Å²) in [6.07, 6.45) is 0. The van der Waals surface area contributed by atoms with E-state index in [0.717, 1.165) is 12.1 Å². The van der Waals surface area contributed by atoms with Gasteiger partial charge in [0.15, 0.2) is 0 Å². The second kappa shape index (κ2) is 6.72. The number of nitrogen functional groups attached to an aromatic ring is 1. The van der Waals surface area contributed by atoms with Gasteiger partial charge in [-0.3, -0.25) is 10.6 Å². The first-order valence-corrected chi connectivity index (χ1v) is 6.75. The lowest BCUT2D eigenvalue weighted by Gasteiger charge is -2.28. The van der Waals surface area contributed by atoms with Crippen LogP contribution in [-0.4, -0.2) is 38.0 Å². The van der Waals surface area contributed by atoms with Crippen LogP contribution in [0.2, 0.25) is 0 Å². The molecule has 0 bridgehead atoms. The minimum atomic E-state index is -0.107. The van der Waals surface area contributed by atoms with Crippen molar-refractivity contribution in [2.75, 3.05) is 32.6 Å². The first-order valence-electron chi connectivity index (χ1n) is 6.75. The topological polar surface area (TPSA) is 70.4 Å². The monoisotopic (exact) mass is 278 g/mol. The minimum Gasteiger partial charge on any atom is -0.351 e. The fourth-order valence-electron chi connectivity index (χ4n) is 2.30. The number of carbonyl (C=O) groups is 1. The molecule has 1 amide bonds. The number of hydrazine groups is 1. The van der Waals surface area contributed by atoms with Crippen LogP contribution in [-0.2, 0) is 0 Å². The average molecular weight is 278 g/mol. The number of nitrogens with zero attached hydrogens (tertiary/aromatic N) is 1. The predicted octanol–water partition coefficient (Wildman–Crippen LogP) is 1.60. The number of nitrogens with two attached hydrogens (primary N) is 1. The zero-order valence-corrected chi connectivity index (χ0v) is 13.1. The summed E-state index contributed by atoms with van der Waals surface area (Å²) in [6.45, 7) is 7.74. The number of rotatable bonds is 6. The molecule has 0 aliphatic carbocycles. The number of nitrogens with one attached hydrogen (secondary N) is 2. The Morgan fingerprint density at radius 2 is 2.00 bits per heavy atom. The Morgan fingerprint density at radius 3 is 2.55 bits per heavy atom. The molecule has 0 fully saturated rings. The molecule has 0 heterocycles. The van der Waals surface area contributed by atoms with Gasteiger partial charge in [0.05, 0.1) is 11.3 Å². The van der Waals surface area contributed by atoms with Crippen LogP contribution >= 0.6 is 0 Å². The van der Waals surface area contributed by atoms with Gasteiger partial charge in [0, 0.05) is 13.1 Å². The third-order valence-corrected chi connectivity index (χ3v) is 3.05. The van der Waals surface area contributed by atoms with Crippen molar-refractivity contribution in [1.82, 2.24) is 10.2 Å². The van der Waals surface area contributed by atoms with Crippen LogP contribution in [0.1, 0.15) is 29.8 Å². The van der Waals surface area contributed by atoms with Crippen molar-refractivity contribution < 1.29 is 4.79 Å². The van der Waals surface area contributed by atoms with Crippen LogP contribution in [0.5, 0.6) is 0 Å². The zero-order chi connectivity index (χ0) is 15.3. The van der Waals surface area contributed by atoms with Crippen molar-refractivity contribution in [2.24, 2.45) is 11.3 Å². The number of amides is 1. The largest absolute Gasteiger partial charge is 0.351 e. The Balaban J connectivity index is 2.72. The first kappa shape index (κ1) is 16.5. The Bertz CT molecular complexity index is 469. The molecule has 0 radical (unpaired) electrons. The van der Waals surface area contributed by atoms with E-state index in [1.165, 1.54) is 0 Å². The summed E-state index contributed by atoms with van der Waals surface area (Å²) in [4.78, 5) is 14.4. The van der Waals surface area contributed by atoms with Crippen LogP contribution in [0.4, 0.5) is 5.69 Å². The number of benzene rings is 1. The quantitative estimate of drug-likeness (QED) is 0.546. The molecule has 1 aromatic rings. The van der Waals surface area contributed by atoms with Crippen molar-refractivity contribution in [3.8, 4) is 0 Å². The number of carbonyl (C=O) groups excluding carboxylic acids is 1. The van der Waals surface area contributed by atoms with Gasteiger partial charge in [0.1, 0.15) is 0 Å². The van der Waals surface area contributed by atoms with E-state index < -0.39 is 0 Å². The van der Waals surface area contributed by atoms with Gasteiger partial charge in [-0.1, -0.05) is 19.9 Å². The number of aryl methyl sites for hydroxylation is 1. The molecule has 5 nitrogen and oxygen atoms in total. The van der Waals surface area contributed by atoms with E-state index in [4.69, 9.17) is 5.84 Å². The molecule has 20 heavy (non-hydrogen) atoms. The SMILES string of the molecule is Cc1ccc(C(=O)NCC(C)(C)CN(C)C)c(NN)c1. The van der Waals surface area contributed by atoms with Gasteiger partial charge < -0.3 is 15.6 Å². The van der Waals surface area contributed by atoms with Crippen LogP contribution in [0, 0.1) is 12.3 Å². The summed E-state index contributed by atoms with van der Waals surface area (Å²) in [6, 6.07) is 5.55. The van der Waals surface area contributed by atoms with E-state index in [2.05, 4.69) is 29.5 Å². The highest BCUT2D eigenvalue weighted by atomic mass is 16.1. The molecular weight excluding hydrogens is 252 g/mol. The zero-order valence-electron chi connectivity index (χ0n) is 13.1. The van der Waals surface area contributed by atoms with E-state index in [0.29, 0.717) is 17.8 Å². The van der Waals surface area contributed by atoms with E-state index in [9.17, 15) is 4.79 Å². The van der Waals surface area contributed by atoms with Gasteiger partial charge in [-0.05, 0) is 44.1 Å². The van der Waals surface area contributed by atoms with Crippen molar-refractivity contribution in [2.45, 2.75) is 20.8 Å². The maximum absolute atomic E-state index is 12.2. The van der Waals surface area contributed by atoms with Crippen molar-refractivity contribution >= 4 is 11.6 Å². The molecule has 0 aromatic heterocycles. The number of hydrogen-bond donors (Lipinski definition) is 3. The normalized spacial score (nSPS) is 11.6.